The first-order valence-electron chi connectivity index (χ1n) is 4.38. The Balaban J connectivity index is 2.64. The fraction of sp³-hybridized carbons (Fsp3) is 0.300. The third kappa shape index (κ3) is 3.75. The number of carbonyl (C=O) groups is 1. The minimum Gasteiger partial charge on any atom is -0.478 e. The van der Waals surface area contributed by atoms with Crippen molar-refractivity contribution in [2.24, 2.45) is 0 Å². The summed E-state index contributed by atoms with van der Waals surface area (Å²) >= 11 is 5.76. The average Bonchev–Trinajstić information content (AvgIpc) is 2.19. The van der Waals surface area contributed by atoms with E-state index in [-0.39, 0.29) is 17.2 Å². The van der Waals surface area contributed by atoms with Crippen LogP contribution >= 0.6 is 11.6 Å². The lowest BCUT2D eigenvalue weighted by Crippen LogP contribution is -2.05. The van der Waals surface area contributed by atoms with Crippen molar-refractivity contribution in [2.45, 2.75) is 13.0 Å². The summed E-state index contributed by atoms with van der Waals surface area (Å²) in [6.45, 7) is -0.736. The predicted octanol–water partition coefficient (Wildman–Crippen LogP) is 2.82. The first-order chi connectivity index (χ1) is 7.50. The van der Waals surface area contributed by atoms with Crippen LogP contribution in [-0.2, 0) is 11.3 Å². The van der Waals surface area contributed by atoms with Gasteiger partial charge in [0.1, 0.15) is 6.61 Å². The van der Waals surface area contributed by atoms with Crippen LogP contribution in [0, 0.1) is 0 Å². The van der Waals surface area contributed by atoms with Crippen LogP contribution in [0.15, 0.2) is 18.2 Å². The lowest BCUT2D eigenvalue weighted by atomic mass is 10.1. The standard InChI is InChI=1S/C10H9ClF2O3/c11-8-3-6(10(14)15)1-2-7(8)4-16-5-9(12)13/h1-3,9H,4-5H2,(H,14,15). The van der Waals surface area contributed by atoms with E-state index in [4.69, 9.17) is 16.7 Å². The predicted molar refractivity (Wildman–Crippen MR) is 54.1 cm³/mol. The molecule has 0 amide bonds. The Morgan fingerprint density at radius 1 is 1.50 bits per heavy atom. The zero-order valence-electron chi connectivity index (χ0n) is 8.12. The van der Waals surface area contributed by atoms with Gasteiger partial charge in [-0.15, -0.1) is 0 Å². The van der Waals surface area contributed by atoms with E-state index in [1.807, 2.05) is 0 Å². The van der Waals surface area contributed by atoms with E-state index in [1.165, 1.54) is 18.2 Å². The minimum atomic E-state index is -2.53. The molecule has 16 heavy (non-hydrogen) atoms. The summed E-state index contributed by atoms with van der Waals surface area (Å²) in [5.41, 5.74) is 0.523. The lowest BCUT2D eigenvalue weighted by Gasteiger charge is -2.06. The third-order valence-electron chi connectivity index (χ3n) is 1.80. The Hall–Kier alpha value is -1.20. The van der Waals surface area contributed by atoms with Crippen molar-refractivity contribution < 1.29 is 23.4 Å². The molecule has 0 radical (unpaired) electrons. The molecule has 1 aromatic carbocycles. The molecule has 1 rings (SSSR count). The first-order valence-corrected chi connectivity index (χ1v) is 4.76. The summed E-state index contributed by atoms with van der Waals surface area (Å²) in [5.74, 6) is -1.10. The molecule has 0 unspecified atom stereocenters. The molecular formula is C10H9ClF2O3. The van der Waals surface area contributed by atoms with E-state index in [2.05, 4.69) is 4.74 Å². The van der Waals surface area contributed by atoms with Crippen molar-refractivity contribution in [3.05, 3.63) is 34.3 Å². The highest BCUT2D eigenvalue weighted by Gasteiger charge is 2.08. The van der Waals surface area contributed by atoms with Gasteiger partial charge in [0.25, 0.3) is 6.43 Å². The highest BCUT2D eigenvalue weighted by atomic mass is 35.5. The number of hydrogen-bond acceptors (Lipinski definition) is 2. The number of rotatable bonds is 5. The quantitative estimate of drug-likeness (QED) is 0.874. The first kappa shape index (κ1) is 12.9. The molecule has 0 saturated carbocycles. The second-order valence-electron chi connectivity index (χ2n) is 3.02. The van der Waals surface area contributed by atoms with Crippen LogP contribution in [0.2, 0.25) is 5.02 Å². The molecule has 0 saturated heterocycles. The fourth-order valence-electron chi connectivity index (χ4n) is 1.06. The highest BCUT2D eigenvalue weighted by Crippen LogP contribution is 2.19. The number of hydrogen-bond donors (Lipinski definition) is 1. The van der Waals surface area contributed by atoms with Crippen LogP contribution < -0.4 is 0 Å². The van der Waals surface area contributed by atoms with Gasteiger partial charge in [0.05, 0.1) is 12.2 Å². The smallest absolute Gasteiger partial charge is 0.335 e. The fourth-order valence-corrected chi connectivity index (χ4v) is 1.29. The molecule has 0 aliphatic rings. The van der Waals surface area contributed by atoms with Crippen LogP contribution in [0.3, 0.4) is 0 Å². The largest absolute Gasteiger partial charge is 0.478 e. The Morgan fingerprint density at radius 3 is 2.69 bits per heavy atom. The molecule has 0 spiro atoms. The maximum absolute atomic E-state index is 11.8. The molecule has 88 valence electrons. The Bertz CT molecular complexity index is 382. The van der Waals surface area contributed by atoms with E-state index >= 15 is 0 Å². The van der Waals surface area contributed by atoms with Crippen LogP contribution in [0.25, 0.3) is 0 Å². The number of halogens is 3. The van der Waals surface area contributed by atoms with Gasteiger partial charge in [-0.2, -0.15) is 0 Å². The second kappa shape index (κ2) is 5.77. The number of carboxylic acid groups (broad SMARTS) is 1. The summed E-state index contributed by atoms with van der Waals surface area (Å²) in [7, 11) is 0. The maximum Gasteiger partial charge on any atom is 0.335 e. The van der Waals surface area contributed by atoms with Gasteiger partial charge in [0, 0.05) is 5.02 Å². The highest BCUT2D eigenvalue weighted by molar-refractivity contribution is 6.31. The van der Waals surface area contributed by atoms with Crippen molar-refractivity contribution >= 4 is 17.6 Å². The second-order valence-corrected chi connectivity index (χ2v) is 3.42. The number of alkyl halides is 2. The zero-order chi connectivity index (χ0) is 12.1. The number of ether oxygens (including phenoxy) is 1. The molecule has 0 aliphatic carbocycles. The molecule has 6 heteroatoms. The zero-order valence-corrected chi connectivity index (χ0v) is 8.88. The van der Waals surface area contributed by atoms with E-state index in [0.717, 1.165) is 0 Å². The van der Waals surface area contributed by atoms with E-state index in [0.29, 0.717) is 5.56 Å². The van der Waals surface area contributed by atoms with Crippen molar-refractivity contribution in [1.29, 1.82) is 0 Å². The van der Waals surface area contributed by atoms with Gasteiger partial charge in [-0.25, -0.2) is 13.6 Å². The van der Waals surface area contributed by atoms with Gasteiger partial charge in [-0.05, 0) is 17.7 Å². The lowest BCUT2D eigenvalue weighted by molar-refractivity contribution is 0.00990. The average molecular weight is 251 g/mol. The summed E-state index contributed by atoms with van der Waals surface area (Å²) in [5, 5.41) is 8.85. The van der Waals surface area contributed by atoms with Crippen LogP contribution in [0.1, 0.15) is 15.9 Å². The molecule has 3 nitrogen and oxygen atoms in total. The van der Waals surface area contributed by atoms with Crippen LogP contribution in [-0.4, -0.2) is 24.1 Å². The van der Waals surface area contributed by atoms with Gasteiger partial charge in [0.15, 0.2) is 0 Å². The Labute approximate surface area is 95.6 Å². The molecule has 0 aliphatic heterocycles. The van der Waals surface area contributed by atoms with Crippen molar-refractivity contribution in [1.82, 2.24) is 0 Å². The summed E-state index contributed by atoms with van der Waals surface area (Å²) < 4.78 is 28.2. The Morgan fingerprint density at radius 2 is 2.19 bits per heavy atom. The molecule has 1 aromatic rings. The molecule has 0 fully saturated rings. The number of benzene rings is 1. The topological polar surface area (TPSA) is 46.5 Å². The van der Waals surface area contributed by atoms with E-state index in [1.54, 1.807) is 0 Å². The van der Waals surface area contributed by atoms with Crippen molar-refractivity contribution in [3.8, 4) is 0 Å². The van der Waals surface area contributed by atoms with E-state index in [9.17, 15) is 13.6 Å². The van der Waals surface area contributed by atoms with Crippen molar-refractivity contribution in [2.75, 3.05) is 6.61 Å². The molecule has 0 heterocycles. The number of carboxylic acids is 1. The van der Waals surface area contributed by atoms with Crippen LogP contribution in [0.4, 0.5) is 8.78 Å². The van der Waals surface area contributed by atoms with Gasteiger partial charge < -0.3 is 9.84 Å². The summed E-state index contributed by atoms with van der Waals surface area (Å²) in [4.78, 5) is 10.6. The van der Waals surface area contributed by atoms with Crippen molar-refractivity contribution in [3.63, 3.8) is 0 Å². The molecule has 0 atom stereocenters. The van der Waals surface area contributed by atoms with Gasteiger partial charge in [-0.1, -0.05) is 17.7 Å². The summed E-state index contributed by atoms with van der Waals surface area (Å²) in [6, 6.07) is 4.04. The minimum absolute atomic E-state index is 0.0441. The monoisotopic (exact) mass is 250 g/mol. The SMILES string of the molecule is O=C(O)c1ccc(COCC(F)F)c(Cl)c1. The maximum atomic E-state index is 11.8. The third-order valence-corrected chi connectivity index (χ3v) is 2.15. The van der Waals surface area contributed by atoms with Gasteiger partial charge in [0.2, 0.25) is 0 Å². The van der Waals surface area contributed by atoms with Gasteiger partial charge >= 0.3 is 5.97 Å². The van der Waals surface area contributed by atoms with Gasteiger partial charge in [-0.3, -0.25) is 0 Å². The number of aromatic carboxylic acids is 1. The van der Waals surface area contributed by atoms with E-state index < -0.39 is 19.0 Å². The normalized spacial score (nSPS) is 10.8. The summed E-state index contributed by atoms with van der Waals surface area (Å²) in [6.07, 6.45) is -2.53. The molecule has 0 bridgehead atoms. The Kier molecular flexibility index (Phi) is 4.64. The molecule has 0 aromatic heterocycles. The molecule has 1 N–H and O–H groups in total. The molecular weight excluding hydrogens is 242 g/mol. The van der Waals surface area contributed by atoms with Crippen LogP contribution in [0.5, 0.6) is 0 Å².